The van der Waals surface area contributed by atoms with Crippen LogP contribution in [0.4, 0.5) is 0 Å². The number of hydrogen-bond acceptors (Lipinski definition) is 5. The van der Waals surface area contributed by atoms with Crippen molar-refractivity contribution in [3.05, 3.63) is 36.0 Å². The first-order valence-electron chi connectivity index (χ1n) is 4.97. The van der Waals surface area contributed by atoms with E-state index >= 15 is 0 Å². The Morgan fingerprint density at radius 1 is 1.65 bits per heavy atom. The van der Waals surface area contributed by atoms with Crippen LogP contribution < -0.4 is 0 Å². The Morgan fingerprint density at radius 3 is 3.12 bits per heavy atom. The molecule has 2 heterocycles. The first-order valence-corrected chi connectivity index (χ1v) is 5.95. The minimum Gasteiger partial charge on any atom is -0.463 e. The minimum absolute atomic E-state index is 0.259. The molecule has 0 fully saturated rings. The van der Waals surface area contributed by atoms with E-state index in [1.165, 1.54) is 25.1 Å². The van der Waals surface area contributed by atoms with Gasteiger partial charge in [-0.25, -0.2) is 9.78 Å². The molecule has 17 heavy (non-hydrogen) atoms. The number of aromatic nitrogens is 2. The third kappa shape index (κ3) is 2.52. The molecule has 0 amide bonds. The van der Waals surface area contributed by atoms with Crippen LogP contribution in [0.3, 0.4) is 0 Å². The molecule has 0 spiro atoms. The number of furan rings is 1. The molecule has 0 aliphatic rings. The fraction of sp³-hybridized carbons (Fsp3) is 0.273. The average molecular weight is 252 g/mol. The summed E-state index contributed by atoms with van der Waals surface area (Å²) in [6, 6.07) is 1.77. The second-order valence-electron chi connectivity index (χ2n) is 3.38. The zero-order chi connectivity index (χ0) is 12.3. The standard InChI is InChI=1S/C11H12N2O3S/c1-13-5-4-12-11(13)17-7-8-3-6-16-9(8)10(14)15-2/h3-6H,7H2,1-2H3. The van der Waals surface area contributed by atoms with E-state index in [1.54, 1.807) is 12.3 Å². The molecule has 90 valence electrons. The van der Waals surface area contributed by atoms with E-state index in [9.17, 15) is 4.79 Å². The molecule has 2 aromatic rings. The Labute approximate surface area is 103 Å². The summed E-state index contributed by atoms with van der Waals surface area (Å²) in [5, 5.41) is 0.891. The molecule has 0 bridgehead atoms. The van der Waals surface area contributed by atoms with Crippen molar-refractivity contribution < 1.29 is 13.9 Å². The number of methoxy groups -OCH3 is 1. The van der Waals surface area contributed by atoms with Gasteiger partial charge in [0.2, 0.25) is 5.76 Å². The number of nitrogens with zero attached hydrogens (tertiary/aromatic N) is 2. The van der Waals surface area contributed by atoms with Gasteiger partial charge < -0.3 is 13.7 Å². The number of carbonyl (C=O) groups is 1. The van der Waals surface area contributed by atoms with Gasteiger partial charge in [-0.2, -0.15) is 0 Å². The van der Waals surface area contributed by atoms with Crippen molar-refractivity contribution in [1.82, 2.24) is 9.55 Å². The molecule has 6 heteroatoms. The molecular weight excluding hydrogens is 240 g/mol. The van der Waals surface area contributed by atoms with Gasteiger partial charge in [-0.3, -0.25) is 0 Å². The van der Waals surface area contributed by atoms with Crippen molar-refractivity contribution in [2.45, 2.75) is 10.9 Å². The van der Waals surface area contributed by atoms with Crippen LogP contribution in [-0.4, -0.2) is 22.6 Å². The zero-order valence-corrected chi connectivity index (χ0v) is 10.4. The predicted molar refractivity (Wildman–Crippen MR) is 62.8 cm³/mol. The van der Waals surface area contributed by atoms with Crippen LogP contribution in [-0.2, 0) is 17.5 Å². The fourth-order valence-electron chi connectivity index (χ4n) is 1.35. The third-order valence-electron chi connectivity index (χ3n) is 2.25. The quantitative estimate of drug-likeness (QED) is 0.616. The van der Waals surface area contributed by atoms with Crippen LogP contribution in [0.1, 0.15) is 16.1 Å². The van der Waals surface area contributed by atoms with Gasteiger partial charge in [0.15, 0.2) is 5.16 Å². The number of aryl methyl sites for hydroxylation is 1. The van der Waals surface area contributed by atoms with Gasteiger partial charge in [0, 0.05) is 30.8 Å². The lowest BCUT2D eigenvalue weighted by atomic mass is 10.3. The number of carbonyl (C=O) groups excluding carboxylic acids is 1. The highest BCUT2D eigenvalue weighted by atomic mass is 32.2. The second-order valence-corrected chi connectivity index (χ2v) is 4.32. The van der Waals surface area contributed by atoms with E-state index in [0.29, 0.717) is 5.75 Å². The highest BCUT2D eigenvalue weighted by Gasteiger charge is 2.16. The molecule has 0 saturated heterocycles. The molecule has 0 aliphatic heterocycles. The van der Waals surface area contributed by atoms with Crippen molar-refractivity contribution >= 4 is 17.7 Å². The SMILES string of the molecule is COC(=O)c1occc1CSc1nccn1C. The maximum Gasteiger partial charge on any atom is 0.374 e. The van der Waals surface area contributed by atoms with Crippen LogP contribution in [0.2, 0.25) is 0 Å². The second kappa shape index (κ2) is 5.09. The van der Waals surface area contributed by atoms with Crippen molar-refractivity contribution in [1.29, 1.82) is 0 Å². The van der Waals surface area contributed by atoms with E-state index in [2.05, 4.69) is 9.72 Å². The summed E-state index contributed by atoms with van der Waals surface area (Å²) in [4.78, 5) is 15.6. The zero-order valence-electron chi connectivity index (χ0n) is 9.54. The molecular formula is C11H12N2O3S. The Balaban J connectivity index is 2.07. The number of rotatable bonds is 4. The lowest BCUT2D eigenvalue weighted by Gasteiger charge is -2.01. The summed E-state index contributed by atoms with van der Waals surface area (Å²) in [6.45, 7) is 0. The van der Waals surface area contributed by atoms with E-state index in [1.807, 2.05) is 17.8 Å². The Kier molecular flexibility index (Phi) is 3.53. The fourth-order valence-corrected chi connectivity index (χ4v) is 2.27. The molecule has 0 aliphatic carbocycles. The molecule has 0 atom stereocenters. The summed E-state index contributed by atoms with van der Waals surface area (Å²) in [6.07, 6.45) is 5.10. The third-order valence-corrected chi connectivity index (χ3v) is 3.36. The smallest absolute Gasteiger partial charge is 0.374 e. The van der Waals surface area contributed by atoms with Gasteiger partial charge >= 0.3 is 5.97 Å². The Bertz CT molecular complexity index is 518. The summed E-state index contributed by atoms with van der Waals surface area (Å²) in [5.74, 6) is 0.422. The molecule has 0 N–H and O–H groups in total. The van der Waals surface area contributed by atoms with E-state index in [0.717, 1.165) is 10.7 Å². The normalized spacial score (nSPS) is 10.5. The van der Waals surface area contributed by atoms with Gasteiger partial charge in [-0.15, -0.1) is 0 Å². The van der Waals surface area contributed by atoms with Gasteiger partial charge in [-0.05, 0) is 6.07 Å². The maximum atomic E-state index is 11.4. The van der Waals surface area contributed by atoms with Gasteiger partial charge in [0.05, 0.1) is 13.4 Å². The molecule has 0 unspecified atom stereocenters. The van der Waals surface area contributed by atoms with E-state index < -0.39 is 5.97 Å². The van der Waals surface area contributed by atoms with Crippen molar-refractivity contribution in [2.24, 2.45) is 7.05 Å². The molecule has 2 rings (SSSR count). The van der Waals surface area contributed by atoms with Crippen LogP contribution in [0.15, 0.2) is 34.3 Å². The maximum absolute atomic E-state index is 11.4. The first kappa shape index (κ1) is 11.8. The summed E-state index contributed by atoms with van der Waals surface area (Å²) < 4.78 is 11.7. The summed E-state index contributed by atoms with van der Waals surface area (Å²) in [7, 11) is 3.26. The lowest BCUT2D eigenvalue weighted by Crippen LogP contribution is -2.02. The largest absolute Gasteiger partial charge is 0.463 e. The van der Waals surface area contributed by atoms with Gasteiger partial charge in [0.25, 0.3) is 0 Å². The summed E-state index contributed by atoms with van der Waals surface area (Å²) >= 11 is 1.54. The van der Waals surface area contributed by atoms with Gasteiger partial charge in [-0.1, -0.05) is 11.8 Å². The molecule has 0 aromatic carbocycles. The molecule has 0 saturated carbocycles. The highest BCUT2D eigenvalue weighted by Crippen LogP contribution is 2.23. The predicted octanol–water partition coefficient (Wildman–Crippen LogP) is 2.09. The van der Waals surface area contributed by atoms with E-state index in [4.69, 9.17) is 4.42 Å². The highest BCUT2D eigenvalue weighted by molar-refractivity contribution is 7.98. The number of imidazole rings is 1. The van der Waals surface area contributed by atoms with Crippen LogP contribution >= 0.6 is 11.8 Å². The van der Waals surface area contributed by atoms with E-state index in [-0.39, 0.29) is 5.76 Å². The summed E-state index contributed by atoms with van der Waals surface area (Å²) in [5.41, 5.74) is 0.810. The van der Waals surface area contributed by atoms with Gasteiger partial charge in [0.1, 0.15) is 0 Å². The van der Waals surface area contributed by atoms with Crippen LogP contribution in [0.25, 0.3) is 0 Å². The number of hydrogen-bond donors (Lipinski definition) is 0. The van der Waals surface area contributed by atoms with Crippen molar-refractivity contribution in [3.63, 3.8) is 0 Å². The minimum atomic E-state index is -0.453. The number of esters is 1. The molecule has 2 aromatic heterocycles. The Morgan fingerprint density at radius 2 is 2.47 bits per heavy atom. The topological polar surface area (TPSA) is 57.3 Å². The molecule has 5 nitrogen and oxygen atoms in total. The van der Waals surface area contributed by atoms with Crippen LogP contribution in [0, 0.1) is 0 Å². The number of ether oxygens (including phenoxy) is 1. The average Bonchev–Trinajstić information content (AvgIpc) is 2.94. The Hall–Kier alpha value is -1.69. The first-order chi connectivity index (χ1) is 8.22. The number of thioether (sulfide) groups is 1. The molecule has 0 radical (unpaired) electrons. The van der Waals surface area contributed by atoms with Crippen molar-refractivity contribution in [2.75, 3.05) is 7.11 Å². The monoisotopic (exact) mass is 252 g/mol. The lowest BCUT2D eigenvalue weighted by molar-refractivity contribution is 0.0564. The van der Waals surface area contributed by atoms with Crippen LogP contribution in [0.5, 0.6) is 0 Å². The van der Waals surface area contributed by atoms with Crippen molar-refractivity contribution in [3.8, 4) is 0 Å².